The zero-order valence-corrected chi connectivity index (χ0v) is 20.8. The number of nitrogens with zero attached hydrogens (tertiary/aromatic N) is 3. The Balaban J connectivity index is 1.41. The average molecular weight is 489 g/mol. The zero-order chi connectivity index (χ0) is 25.0. The Morgan fingerprint density at radius 3 is 2.29 bits per heavy atom. The molecule has 0 aliphatic heterocycles. The molecule has 0 bridgehead atoms. The second-order valence-corrected chi connectivity index (χ2v) is 10.5. The summed E-state index contributed by atoms with van der Waals surface area (Å²) in [5.41, 5.74) is 5.82. The summed E-state index contributed by atoms with van der Waals surface area (Å²) >= 11 is 0. The third-order valence-corrected chi connectivity index (χ3v) is 6.89. The van der Waals surface area contributed by atoms with Gasteiger partial charge in [-0.15, -0.1) is 0 Å². The molecule has 180 valence electrons. The Kier molecular flexibility index (Phi) is 7.02. The summed E-state index contributed by atoms with van der Waals surface area (Å²) in [5, 5.41) is 2.93. The Hall–Kier alpha value is -3.91. The lowest BCUT2D eigenvalue weighted by molar-refractivity contribution is 0.0951. The van der Waals surface area contributed by atoms with Gasteiger partial charge in [0.1, 0.15) is 0 Å². The highest BCUT2D eigenvalue weighted by Gasteiger charge is 2.20. The number of imidazole rings is 1. The third kappa shape index (κ3) is 5.96. The van der Waals surface area contributed by atoms with Gasteiger partial charge in [0, 0.05) is 30.2 Å². The molecule has 4 aromatic rings. The van der Waals surface area contributed by atoms with E-state index in [9.17, 15) is 13.2 Å². The van der Waals surface area contributed by atoms with E-state index in [2.05, 4.69) is 10.3 Å². The van der Waals surface area contributed by atoms with E-state index in [0.29, 0.717) is 17.8 Å². The number of hydrogen-bond acceptors (Lipinski definition) is 4. The number of nitrogens with one attached hydrogen (secondary N) is 1. The van der Waals surface area contributed by atoms with E-state index in [-0.39, 0.29) is 12.5 Å². The maximum absolute atomic E-state index is 12.6. The first-order valence-corrected chi connectivity index (χ1v) is 13.0. The molecule has 3 aromatic carbocycles. The maximum atomic E-state index is 12.6. The summed E-state index contributed by atoms with van der Waals surface area (Å²) in [4.78, 5) is 16.7. The summed E-state index contributed by atoms with van der Waals surface area (Å²) in [6.45, 7) is 4.42. The van der Waals surface area contributed by atoms with Crippen LogP contribution in [-0.4, -0.2) is 30.1 Å². The molecule has 0 atom stereocenters. The third-order valence-electron chi connectivity index (χ3n) is 5.77. The molecule has 0 aliphatic rings. The molecule has 1 amide bonds. The predicted molar refractivity (Wildman–Crippen MR) is 138 cm³/mol. The highest BCUT2D eigenvalue weighted by Crippen LogP contribution is 2.26. The van der Waals surface area contributed by atoms with Crippen molar-refractivity contribution in [2.24, 2.45) is 0 Å². The van der Waals surface area contributed by atoms with Crippen LogP contribution in [0.3, 0.4) is 0 Å². The number of anilines is 1. The van der Waals surface area contributed by atoms with Gasteiger partial charge in [-0.3, -0.25) is 9.10 Å². The van der Waals surface area contributed by atoms with Crippen LogP contribution in [0.4, 0.5) is 5.69 Å². The first kappa shape index (κ1) is 24.2. The number of rotatable bonds is 8. The van der Waals surface area contributed by atoms with Crippen LogP contribution in [-0.2, 0) is 23.1 Å². The van der Waals surface area contributed by atoms with Crippen molar-refractivity contribution < 1.29 is 13.2 Å². The molecule has 0 aliphatic carbocycles. The minimum atomic E-state index is -3.49. The van der Waals surface area contributed by atoms with Gasteiger partial charge >= 0.3 is 0 Å². The second kappa shape index (κ2) is 10.1. The van der Waals surface area contributed by atoms with Crippen LogP contribution in [0, 0.1) is 13.8 Å². The Labute approximate surface area is 206 Å². The van der Waals surface area contributed by atoms with Crippen LogP contribution in [0.5, 0.6) is 0 Å². The lowest BCUT2D eigenvalue weighted by Crippen LogP contribution is -2.30. The van der Waals surface area contributed by atoms with E-state index >= 15 is 0 Å². The molecule has 0 saturated heterocycles. The molecular formula is C27H28N4O3S. The second-order valence-electron chi connectivity index (χ2n) is 8.58. The Morgan fingerprint density at radius 1 is 0.971 bits per heavy atom. The summed E-state index contributed by atoms with van der Waals surface area (Å²) < 4.78 is 28.4. The molecule has 0 unspecified atom stereocenters. The SMILES string of the molecule is Cc1ccc(C)c(N(Cc2ccc(C(=O)NCc3ccc(-n4ccnc4)cc3)cc2)S(C)(=O)=O)c1. The number of sulfonamides is 1. The van der Waals surface area contributed by atoms with Gasteiger partial charge in [0.2, 0.25) is 10.0 Å². The van der Waals surface area contributed by atoms with Gasteiger partial charge in [-0.1, -0.05) is 36.4 Å². The standard InChI is InChI=1S/C27H28N4O3S/c1-20-4-5-21(2)26(16-20)31(35(3,33)34)18-23-6-10-24(11-7-23)27(32)29-17-22-8-12-25(13-9-22)30-15-14-28-19-30/h4-16,19H,17-18H2,1-3H3,(H,29,32). The highest BCUT2D eigenvalue weighted by molar-refractivity contribution is 7.92. The molecule has 1 aromatic heterocycles. The fraction of sp³-hybridized carbons (Fsp3) is 0.185. The first-order chi connectivity index (χ1) is 16.7. The van der Waals surface area contributed by atoms with E-state index in [0.717, 1.165) is 27.9 Å². The predicted octanol–water partition coefficient (Wildman–Crippen LogP) is 4.39. The number of carbonyl (C=O) groups excluding carboxylic acids is 1. The molecule has 0 radical (unpaired) electrons. The smallest absolute Gasteiger partial charge is 0.251 e. The van der Waals surface area contributed by atoms with Crippen LogP contribution in [0.2, 0.25) is 0 Å². The number of hydrogen-bond donors (Lipinski definition) is 1. The van der Waals surface area contributed by atoms with Crippen LogP contribution >= 0.6 is 0 Å². The quantitative estimate of drug-likeness (QED) is 0.399. The van der Waals surface area contributed by atoms with Gasteiger partial charge in [-0.05, 0) is 66.4 Å². The molecule has 7 nitrogen and oxygen atoms in total. The Morgan fingerprint density at radius 2 is 1.66 bits per heavy atom. The van der Waals surface area contributed by atoms with Crippen molar-refractivity contribution in [2.45, 2.75) is 26.9 Å². The maximum Gasteiger partial charge on any atom is 0.251 e. The van der Waals surface area contributed by atoms with Crippen molar-refractivity contribution in [1.29, 1.82) is 0 Å². The van der Waals surface area contributed by atoms with Crippen LogP contribution < -0.4 is 9.62 Å². The summed E-state index contributed by atoms with van der Waals surface area (Å²) in [6.07, 6.45) is 6.54. The highest BCUT2D eigenvalue weighted by atomic mass is 32.2. The summed E-state index contributed by atoms with van der Waals surface area (Å²) in [6, 6.07) is 20.6. The lowest BCUT2D eigenvalue weighted by Gasteiger charge is -2.25. The first-order valence-electron chi connectivity index (χ1n) is 11.2. The van der Waals surface area contributed by atoms with Gasteiger partial charge in [0.05, 0.1) is 24.8 Å². The van der Waals surface area contributed by atoms with Crippen molar-refractivity contribution >= 4 is 21.6 Å². The molecule has 35 heavy (non-hydrogen) atoms. The van der Waals surface area contributed by atoms with Gasteiger partial charge in [0.25, 0.3) is 5.91 Å². The van der Waals surface area contributed by atoms with Crippen LogP contribution in [0.1, 0.15) is 32.6 Å². The average Bonchev–Trinajstić information content (AvgIpc) is 3.38. The van der Waals surface area contributed by atoms with E-state index < -0.39 is 10.0 Å². The fourth-order valence-electron chi connectivity index (χ4n) is 3.78. The lowest BCUT2D eigenvalue weighted by atomic mass is 10.1. The van der Waals surface area contributed by atoms with E-state index in [1.807, 2.05) is 67.1 Å². The summed E-state index contributed by atoms with van der Waals surface area (Å²) in [5.74, 6) is -0.190. The molecule has 0 saturated carbocycles. The molecule has 0 fully saturated rings. The topological polar surface area (TPSA) is 84.3 Å². The van der Waals surface area contributed by atoms with Gasteiger partial charge in [0.15, 0.2) is 0 Å². The van der Waals surface area contributed by atoms with Crippen molar-refractivity contribution in [3.63, 3.8) is 0 Å². The van der Waals surface area contributed by atoms with Crippen molar-refractivity contribution in [2.75, 3.05) is 10.6 Å². The number of benzene rings is 3. The number of aryl methyl sites for hydroxylation is 2. The number of aromatic nitrogens is 2. The van der Waals surface area contributed by atoms with Gasteiger partial charge in [-0.2, -0.15) is 0 Å². The number of carbonyl (C=O) groups is 1. The van der Waals surface area contributed by atoms with Crippen LogP contribution in [0.15, 0.2) is 85.5 Å². The number of amides is 1. The molecule has 0 spiro atoms. The Bertz CT molecular complexity index is 1410. The van der Waals surface area contributed by atoms with Crippen molar-refractivity contribution in [3.8, 4) is 5.69 Å². The minimum absolute atomic E-state index is 0.189. The van der Waals surface area contributed by atoms with E-state index in [4.69, 9.17) is 0 Å². The zero-order valence-electron chi connectivity index (χ0n) is 20.0. The monoisotopic (exact) mass is 488 g/mol. The van der Waals surface area contributed by atoms with E-state index in [1.165, 1.54) is 10.6 Å². The normalized spacial score (nSPS) is 11.3. The molecule has 1 N–H and O–H groups in total. The van der Waals surface area contributed by atoms with Crippen molar-refractivity contribution in [1.82, 2.24) is 14.9 Å². The summed E-state index contributed by atoms with van der Waals surface area (Å²) in [7, 11) is -3.49. The van der Waals surface area contributed by atoms with E-state index in [1.54, 1.807) is 36.8 Å². The minimum Gasteiger partial charge on any atom is -0.348 e. The fourth-order valence-corrected chi connectivity index (χ4v) is 4.72. The molecular weight excluding hydrogens is 460 g/mol. The molecule has 1 heterocycles. The molecule has 4 rings (SSSR count). The van der Waals surface area contributed by atoms with Gasteiger partial charge < -0.3 is 9.88 Å². The van der Waals surface area contributed by atoms with Gasteiger partial charge in [-0.25, -0.2) is 13.4 Å². The van der Waals surface area contributed by atoms with Crippen molar-refractivity contribution in [3.05, 3.63) is 113 Å². The largest absolute Gasteiger partial charge is 0.348 e. The van der Waals surface area contributed by atoms with Crippen LogP contribution in [0.25, 0.3) is 5.69 Å². The molecule has 8 heteroatoms.